The summed E-state index contributed by atoms with van der Waals surface area (Å²) in [5.74, 6) is 0.0390. The van der Waals surface area contributed by atoms with Gasteiger partial charge in [-0.05, 0) is 43.5 Å². The molecule has 1 atom stereocenters. The lowest BCUT2D eigenvalue weighted by atomic mass is 10.0. The Kier molecular flexibility index (Phi) is 6.88. The minimum atomic E-state index is -0.163. The van der Waals surface area contributed by atoms with E-state index in [4.69, 9.17) is 11.6 Å². The van der Waals surface area contributed by atoms with Crippen LogP contribution in [-0.2, 0) is 0 Å². The summed E-state index contributed by atoms with van der Waals surface area (Å²) < 4.78 is 0. The summed E-state index contributed by atoms with van der Waals surface area (Å²) in [4.78, 5) is 16.9. The highest BCUT2D eigenvalue weighted by molar-refractivity contribution is 6.30. The molecule has 0 aliphatic carbocycles. The van der Waals surface area contributed by atoms with Gasteiger partial charge in [0.15, 0.2) is 0 Å². The molecule has 1 saturated heterocycles. The van der Waals surface area contributed by atoms with Crippen LogP contribution in [0, 0.1) is 0 Å². The quantitative estimate of drug-likeness (QED) is 0.867. The third kappa shape index (κ3) is 5.20. The summed E-state index contributed by atoms with van der Waals surface area (Å²) in [6.07, 6.45) is 3.51. The van der Waals surface area contributed by atoms with Gasteiger partial charge in [-0.15, -0.1) is 0 Å². The number of aliphatic hydroxyl groups excluding tert-OH is 1. The Morgan fingerprint density at radius 2 is 1.96 bits per heavy atom. The summed E-state index contributed by atoms with van der Waals surface area (Å²) in [5.41, 5.74) is 0.673. The Balaban J connectivity index is 2.00. The van der Waals surface area contributed by atoms with E-state index < -0.39 is 0 Å². The molecule has 1 aromatic rings. The first-order chi connectivity index (χ1) is 11.0. The average molecular weight is 339 g/mol. The maximum absolute atomic E-state index is 12.7. The van der Waals surface area contributed by atoms with Crippen LogP contribution in [0.1, 0.15) is 43.0 Å². The molecule has 4 nitrogen and oxygen atoms in total. The number of benzene rings is 1. The van der Waals surface area contributed by atoms with Crippen molar-refractivity contribution in [3.63, 3.8) is 0 Å². The van der Waals surface area contributed by atoms with Crippen molar-refractivity contribution in [3.8, 4) is 0 Å². The van der Waals surface area contributed by atoms with Crippen molar-refractivity contribution in [1.82, 2.24) is 9.80 Å². The predicted molar refractivity (Wildman–Crippen MR) is 93.9 cm³/mol. The first-order valence-electron chi connectivity index (χ1n) is 8.44. The molecule has 1 aromatic carbocycles. The molecule has 1 aliphatic rings. The van der Waals surface area contributed by atoms with E-state index in [1.54, 1.807) is 24.3 Å². The van der Waals surface area contributed by atoms with Crippen molar-refractivity contribution in [2.75, 3.05) is 26.7 Å². The zero-order valence-electron chi connectivity index (χ0n) is 14.0. The van der Waals surface area contributed by atoms with Crippen LogP contribution in [0.2, 0.25) is 5.02 Å². The molecule has 23 heavy (non-hydrogen) atoms. The molecular weight excluding hydrogens is 312 g/mol. The molecule has 1 aliphatic heterocycles. The summed E-state index contributed by atoms with van der Waals surface area (Å²) >= 11 is 5.90. The van der Waals surface area contributed by atoms with E-state index in [1.165, 1.54) is 0 Å². The summed E-state index contributed by atoms with van der Waals surface area (Å²) in [6, 6.07) is 7.26. The monoisotopic (exact) mass is 338 g/mol. The van der Waals surface area contributed by atoms with Crippen molar-refractivity contribution in [2.45, 2.75) is 44.8 Å². The van der Waals surface area contributed by atoms with Crippen molar-refractivity contribution < 1.29 is 9.90 Å². The molecule has 0 spiro atoms. The topological polar surface area (TPSA) is 43.8 Å². The fourth-order valence-electron chi connectivity index (χ4n) is 3.10. The van der Waals surface area contributed by atoms with Crippen molar-refractivity contribution in [1.29, 1.82) is 0 Å². The maximum Gasteiger partial charge on any atom is 0.253 e. The summed E-state index contributed by atoms with van der Waals surface area (Å²) in [6.45, 7) is 4.83. The number of aliphatic hydroxyl groups is 1. The van der Waals surface area contributed by atoms with E-state index in [0.29, 0.717) is 10.6 Å². The molecule has 128 valence electrons. The lowest BCUT2D eigenvalue weighted by Crippen LogP contribution is -2.47. The molecule has 1 unspecified atom stereocenters. The second kappa shape index (κ2) is 8.67. The Morgan fingerprint density at radius 1 is 1.35 bits per heavy atom. The lowest BCUT2D eigenvalue weighted by Gasteiger charge is -2.36. The largest absolute Gasteiger partial charge is 0.393 e. The Labute approximate surface area is 144 Å². The van der Waals surface area contributed by atoms with Gasteiger partial charge in [0.25, 0.3) is 5.91 Å². The normalized spacial score (nSPS) is 17.9. The number of likely N-dealkylation sites (tertiary alicyclic amines) is 1. The van der Waals surface area contributed by atoms with E-state index in [2.05, 4.69) is 11.8 Å². The van der Waals surface area contributed by atoms with Crippen molar-refractivity contribution >= 4 is 17.5 Å². The molecule has 2 rings (SSSR count). The molecule has 1 amide bonds. The molecule has 0 saturated carbocycles. The van der Waals surface area contributed by atoms with Crippen LogP contribution in [0.3, 0.4) is 0 Å². The van der Waals surface area contributed by atoms with Crippen LogP contribution < -0.4 is 0 Å². The second-order valence-corrected chi connectivity index (χ2v) is 6.83. The highest BCUT2D eigenvalue weighted by Gasteiger charge is 2.25. The molecule has 1 N–H and O–H groups in total. The van der Waals surface area contributed by atoms with Crippen LogP contribution in [-0.4, -0.2) is 59.6 Å². The third-order valence-corrected chi connectivity index (χ3v) is 4.86. The van der Waals surface area contributed by atoms with Gasteiger partial charge in [0, 0.05) is 43.3 Å². The van der Waals surface area contributed by atoms with Crippen LogP contribution in [0.25, 0.3) is 0 Å². The van der Waals surface area contributed by atoms with Crippen molar-refractivity contribution in [3.05, 3.63) is 34.9 Å². The Bertz CT molecular complexity index is 498. The number of likely N-dealkylation sites (N-methyl/N-ethyl adjacent to an activating group) is 1. The van der Waals surface area contributed by atoms with Gasteiger partial charge in [-0.3, -0.25) is 4.79 Å². The fourth-order valence-corrected chi connectivity index (χ4v) is 3.23. The van der Waals surface area contributed by atoms with Crippen molar-refractivity contribution in [2.24, 2.45) is 0 Å². The van der Waals surface area contributed by atoms with E-state index in [9.17, 15) is 9.90 Å². The van der Waals surface area contributed by atoms with Gasteiger partial charge in [0.1, 0.15) is 0 Å². The smallest absolute Gasteiger partial charge is 0.253 e. The standard InChI is InChI=1S/C18H27ClN2O2/c1-3-4-16(13-21-11-9-17(22)10-12-21)20(2)18(23)14-5-7-15(19)8-6-14/h5-8,16-17,22H,3-4,9-13H2,1-2H3. The molecule has 0 aromatic heterocycles. The van der Waals surface area contributed by atoms with Crippen LogP contribution in [0.5, 0.6) is 0 Å². The number of halogens is 1. The van der Waals surface area contributed by atoms with Gasteiger partial charge in [0.2, 0.25) is 0 Å². The zero-order valence-corrected chi connectivity index (χ0v) is 14.8. The SMILES string of the molecule is CCCC(CN1CCC(O)CC1)N(C)C(=O)c1ccc(Cl)cc1. The number of amides is 1. The van der Waals surface area contributed by atoms with E-state index in [-0.39, 0.29) is 18.1 Å². The summed E-state index contributed by atoms with van der Waals surface area (Å²) in [5, 5.41) is 10.3. The van der Waals surface area contributed by atoms with E-state index in [0.717, 1.165) is 45.3 Å². The zero-order chi connectivity index (χ0) is 16.8. The first-order valence-corrected chi connectivity index (χ1v) is 8.82. The van der Waals surface area contributed by atoms with Crippen LogP contribution >= 0.6 is 11.6 Å². The number of rotatable bonds is 6. The minimum Gasteiger partial charge on any atom is -0.393 e. The van der Waals surface area contributed by atoms with Gasteiger partial charge in [-0.1, -0.05) is 24.9 Å². The van der Waals surface area contributed by atoms with Gasteiger partial charge in [-0.2, -0.15) is 0 Å². The first kappa shape index (κ1) is 18.2. The number of piperidine rings is 1. The highest BCUT2D eigenvalue weighted by atomic mass is 35.5. The summed E-state index contributed by atoms with van der Waals surface area (Å²) in [7, 11) is 1.88. The van der Waals surface area contributed by atoms with Crippen LogP contribution in [0.4, 0.5) is 0 Å². The molecule has 1 fully saturated rings. The van der Waals surface area contributed by atoms with Gasteiger partial charge < -0.3 is 14.9 Å². The number of nitrogens with zero attached hydrogens (tertiary/aromatic N) is 2. The average Bonchev–Trinajstić information content (AvgIpc) is 2.56. The third-order valence-electron chi connectivity index (χ3n) is 4.61. The molecule has 1 heterocycles. The van der Waals surface area contributed by atoms with Gasteiger partial charge >= 0.3 is 0 Å². The number of carbonyl (C=O) groups is 1. The highest BCUT2D eigenvalue weighted by Crippen LogP contribution is 2.17. The number of carbonyl (C=O) groups excluding carboxylic acids is 1. The molecular formula is C18H27ClN2O2. The molecule has 0 bridgehead atoms. The van der Waals surface area contributed by atoms with Gasteiger partial charge in [-0.25, -0.2) is 0 Å². The number of hydrogen-bond donors (Lipinski definition) is 1. The fraction of sp³-hybridized carbons (Fsp3) is 0.611. The Morgan fingerprint density at radius 3 is 2.52 bits per heavy atom. The predicted octanol–water partition coefficient (Wildman–Crippen LogP) is 3.04. The lowest BCUT2D eigenvalue weighted by molar-refractivity contribution is 0.0533. The molecule has 0 radical (unpaired) electrons. The molecule has 5 heteroatoms. The minimum absolute atomic E-state index is 0.0390. The second-order valence-electron chi connectivity index (χ2n) is 6.40. The Hall–Kier alpha value is -1.10. The number of hydrogen-bond acceptors (Lipinski definition) is 3. The van der Waals surface area contributed by atoms with E-state index in [1.807, 2.05) is 11.9 Å². The van der Waals surface area contributed by atoms with Gasteiger partial charge in [0.05, 0.1) is 6.10 Å². The maximum atomic E-state index is 12.7. The van der Waals surface area contributed by atoms with Crippen LogP contribution in [0.15, 0.2) is 24.3 Å². The van der Waals surface area contributed by atoms with E-state index >= 15 is 0 Å².